The lowest BCUT2D eigenvalue weighted by molar-refractivity contribution is 0.102. The van der Waals surface area contributed by atoms with Crippen LogP contribution in [0.1, 0.15) is 40.4 Å². The van der Waals surface area contributed by atoms with Gasteiger partial charge in [-0.05, 0) is 43.6 Å². The van der Waals surface area contributed by atoms with E-state index >= 15 is 0 Å². The van der Waals surface area contributed by atoms with Crippen molar-refractivity contribution in [3.63, 3.8) is 0 Å². The van der Waals surface area contributed by atoms with Crippen molar-refractivity contribution in [1.29, 1.82) is 0 Å². The summed E-state index contributed by atoms with van der Waals surface area (Å²) in [6.07, 6.45) is 8.44. The van der Waals surface area contributed by atoms with E-state index in [1.54, 1.807) is 46.0 Å². The highest BCUT2D eigenvalue weighted by atomic mass is 16.3. The van der Waals surface area contributed by atoms with Crippen molar-refractivity contribution >= 4 is 17.4 Å². The normalized spacial score (nSPS) is 14.7. The molecule has 1 aliphatic rings. The van der Waals surface area contributed by atoms with Gasteiger partial charge in [0.15, 0.2) is 11.5 Å². The molecular weight excluding hydrogens is 396 g/mol. The van der Waals surface area contributed by atoms with Crippen LogP contribution in [0.25, 0.3) is 11.5 Å². The van der Waals surface area contributed by atoms with Gasteiger partial charge >= 0.3 is 0 Å². The van der Waals surface area contributed by atoms with Crippen LogP contribution in [0.2, 0.25) is 0 Å². The van der Waals surface area contributed by atoms with Crippen LogP contribution in [-0.2, 0) is 6.61 Å². The number of piperidine rings is 1. The predicted octanol–water partition coefficient (Wildman–Crippen LogP) is 1.52. The van der Waals surface area contributed by atoms with Crippen molar-refractivity contribution in [1.82, 2.24) is 34.7 Å². The average molecular weight is 418 g/mol. The van der Waals surface area contributed by atoms with Crippen molar-refractivity contribution in [2.45, 2.75) is 25.4 Å². The lowest BCUT2D eigenvalue weighted by atomic mass is 9.95. The fourth-order valence-corrected chi connectivity index (χ4v) is 3.79. The quantitative estimate of drug-likeness (QED) is 0.449. The van der Waals surface area contributed by atoms with Crippen LogP contribution < -0.4 is 10.6 Å². The van der Waals surface area contributed by atoms with E-state index in [1.807, 2.05) is 6.07 Å². The van der Waals surface area contributed by atoms with E-state index in [4.69, 9.17) is 5.10 Å². The van der Waals surface area contributed by atoms with Crippen molar-refractivity contribution < 1.29 is 9.90 Å². The standard InChI is InChI=1S/C21H22N8O2/c30-13-14-2-3-18(24-11-14)29-19(10-17(27-29)15-4-7-22-8-5-15)26-21(31)16-12-25-28-9-1-6-23-20(16)28/h1-3,6,9-12,15,22,30H,4-5,7-8,13H2,(H,26,31). The molecule has 31 heavy (non-hydrogen) atoms. The monoisotopic (exact) mass is 418 g/mol. The SMILES string of the molecule is O=C(Nc1cc(C2CCNCC2)nn1-c1ccc(CO)cn1)c1cnn2cccnc12. The highest BCUT2D eigenvalue weighted by molar-refractivity contribution is 6.07. The number of aliphatic hydroxyl groups excluding tert-OH is 1. The fourth-order valence-electron chi connectivity index (χ4n) is 3.79. The molecule has 0 saturated carbocycles. The Morgan fingerprint density at radius 1 is 1.23 bits per heavy atom. The first-order valence-corrected chi connectivity index (χ1v) is 10.2. The van der Waals surface area contributed by atoms with E-state index < -0.39 is 0 Å². The third-order valence-electron chi connectivity index (χ3n) is 5.46. The van der Waals surface area contributed by atoms with Crippen LogP contribution in [0.15, 0.2) is 49.1 Å². The molecule has 4 aromatic rings. The molecule has 5 rings (SSSR count). The van der Waals surface area contributed by atoms with Gasteiger partial charge in [-0.3, -0.25) is 4.79 Å². The van der Waals surface area contributed by atoms with E-state index in [9.17, 15) is 9.90 Å². The molecule has 0 atom stereocenters. The van der Waals surface area contributed by atoms with Gasteiger partial charge in [-0.2, -0.15) is 14.9 Å². The molecule has 4 aromatic heterocycles. The van der Waals surface area contributed by atoms with Crippen LogP contribution in [0, 0.1) is 0 Å². The number of nitrogens with one attached hydrogen (secondary N) is 2. The summed E-state index contributed by atoms with van der Waals surface area (Å²) < 4.78 is 3.19. The summed E-state index contributed by atoms with van der Waals surface area (Å²) in [6, 6.07) is 7.23. The second-order valence-electron chi connectivity index (χ2n) is 7.47. The molecule has 10 heteroatoms. The maximum Gasteiger partial charge on any atom is 0.262 e. The molecule has 1 saturated heterocycles. The van der Waals surface area contributed by atoms with Crippen molar-refractivity contribution in [2.24, 2.45) is 0 Å². The molecule has 1 aliphatic heterocycles. The Balaban J connectivity index is 1.50. The third-order valence-corrected chi connectivity index (χ3v) is 5.46. The number of fused-ring (bicyclic) bond motifs is 1. The number of amides is 1. The summed E-state index contributed by atoms with van der Waals surface area (Å²) in [6.45, 7) is 1.80. The lowest BCUT2D eigenvalue weighted by Crippen LogP contribution is -2.26. The van der Waals surface area contributed by atoms with E-state index in [1.165, 1.54) is 6.20 Å². The summed E-state index contributed by atoms with van der Waals surface area (Å²) in [7, 11) is 0. The fraction of sp³-hybridized carbons (Fsp3) is 0.286. The minimum absolute atomic E-state index is 0.0853. The molecule has 10 nitrogen and oxygen atoms in total. The van der Waals surface area contributed by atoms with Gasteiger partial charge in [0.1, 0.15) is 11.4 Å². The van der Waals surface area contributed by atoms with Gasteiger partial charge in [-0.15, -0.1) is 0 Å². The van der Waals surface area contributed by atoms with Crippen molar-refractivity contribution in [3.8, 4) is 5.82 Å². The zero-order chi connectivity index (χ0) is 21.2. The Kier molecular flexibility index (Phi) is 5.14. The predicted molar refractivity (Wildman–Crippen MR) is 113 cm³/mol. The summed E-state index contributed by atoms with van der Waals surface area (Å²) in [5.41, 5.74) is 2.48. The summed E-state index contributed by atoms with van der Waals surface area (Å²) in [4.78, 5) is 21.7. The Morgan fingerprint density at radius 3 is 2.87 bits per heavy atom. The number of aromatic nitrogens is 6. The average Bonchev–Trinajstić information content (AvgIpc) is 3.44. The Labute approximate surface area is 178 Å². The maximum absolute atomic E-state index is 13.0. The van der Waals surface area contributed by atoms with Crippen LogP contribution in [-0.4, -0.2) is 53.5 Å². The minimum atomic E-state index is -0.321. The van der Waals surface area contributed by atoms with Crippen molar-refractivity contribution in [3.05, 3.63) is 65.9 Å². The second kappa shape index (κ2) is 8.25. The lowest BCUT2D eigenvalue weighted by Gasteiger charge is -2.20. The van der Waals surface area contributed by atoms with Gasteiger partial charge in [0.25, 0.3) is 5.91 Å². The number of anilines is 1. The largest absolute Gasteiger partial charge is 0.392 e. The van der Waals surface area contributed by atoms with Crippen LogP contribution >= 0.6 is 0 Å². The number of rotatable bonds is 5. The number of hydrogen-bond donors (Lipinski definition) is 3. The van der Waals surface area contributed by atoms with E-state index in [-0.39, 0.29) is 12.5 Å². The molecule has 1 fully saturated rings. The third kappa shape index (κ3) is 3.78. The zero-order valence-corrected chi connectivity index (χ0v) is 16.8. The molecule has 5 heterocycles. The zero-order valence-electron chi connectivity index (χ0n) is 16.8. The van der Waals surface area contributed by atoms with Gasteiger partial charge in [-0.1, -0.05) is 6.07 Å². The van der Waals surface area contributed by atoms with E-state index in [0.29, 0.717) is 34.3 Å². The molecule has 0 unspecified atom stereocenters. The first-order chi connectivity index (χ1) is 15.2. The van der Waals surface area contributed by atoms with Gasteiger partial charge in [0.2, 0.25) is 0 Å². The summed E-state index contributed by atoms with van der Waals surface area (Å²) in [5.74, 6) is 1.08. The van der Waals surface area contributed by atoms with E-state index in [0.717, 1.165) is 31.6 Å². The van der Waals surface area contributed by atoms with Gasteiger partial charge in [0.05, 0.1) is 18.5 Å². The molecule has 0 radical (unpaired) electrons. The van der Waals surface area contributed by atoms with E-state index in [2.05, 4.69) is 25.7 Å². The molecule has 1 amide bonds. The number of pyridine rings is 1. The molecule has 0 aliphatic carbocycles. The van der Waals surface area contributed by atoms with Crippen LogP contribution in [0.3, 0.4) is 0 Å². The number of aliphatic hydroxyl groups is 1. The molecule has 0 bridgehead atoms. The first kappa shape index (κ1) is 19.3. The Bertz CT molecular complexity index is 1210. The van der Waals surface area contributed by atoms with Gasteiger partial charge in [0, 0.05) is 30.6 Å². The molecule has 0 spiro atoms. The summed E-state index contributed by atoms with van der Waals surface area (Å²) >= 11 is 0. The highest BCUT2D eigenvalue weighted by Crippen LogP contribution is 2.28. The summed E-state index contributed by atoms with van der Waals surface area (Å²) in [5, 5.41) is 24.6. The Morgan fingerprint density at radius 2 is 2.10 bits per heavy atom. The minimum Gasteiger partial charge on any atom is -0.392 e. The Hall–Kier alpha value is -3.63. The molecule has 0 aromatic carbocycles. The second-order valence-corrected chi connectivity index (χ2v) is 7.47. The number of carbonyl (C=O) groups is 1. The molecule has 3 N–H and O–H groups in total. The number of hydrogen-bond acceptors (Lipinski definition) is 7. The maximum atomic E-state index is 13.0. The van der Waals surface area contributed by atoms with Crippen LogP contribution in [0.5, 0.6) is 0 Å². The van der Waals surface area contributed by atoms with Crippen LogP contribution in [0.4, 0.5) is 5.82 Å². The molecule has 158 valence electrons. The number of nitrogens with zero attached hydrogens (tertiary/aromatic N) is 6. The van der Waals surface area contributed by atoms with Gasteiger partial charge in [-0.25, -0.2) is 14.5 Å². The smallest absolute Gasteiger partial charge is 0.262 e. The topological polar surface area (TPSA) is 122 Å². The first-order valence-electron chi connectivity index (χ1n) is 10.2. The highest BCUT2D eigenvalue weighted by Gasteiger charge is 2.23. The van der Waals surface area contributed by atoms with Crippen molar-refractivity contribution in [2.75, 3.05) is 18.4 Å². The number of carbonyl (C=O) groups excluding carboxylic acids is 1. The molecular formula is C21H22N8O2. The van der Waals surface area contributed by atoms with Gasteiger partial charge < -0.3 is 15.7 Å².